The first kappa shape index (κ1) is 12.1. The highest BCUT2D eigenvalue weighted by Crippen LogP contribution is 2.28. The van der Waals surface area contributed by atoms with Crippen molar-refractivity contribution < 1.29 is 13.5 Å². The van der Waals surface area contributed by atoms with Crippen molar-refractivity contribution in [2.75, 3.05) is 11.9 Å². The number of ether oxygens (including phenoxy) is 1. The van der Waals surface area contributed by atoms with Crippen LogP contribution < -0.4 is 5.32 Å². The molecule has 1 aromatic heterocycles. The highest BCUT2D eigenvalue weighted by atomic mass is 19.1. The number of hydrogen-bond acceptors (Lipinski definition) is 5. The molecule has 1 aliphatic heterocycles. The summed E-state index contributed by atoms with van der Waals surface area (Å²) < 4.78 is 23.9. The predicted octanol–water partition coefficient (Wildman–Crippen LogP) is 2.67. The molecule has 100 valence electrons. The van der Waals surface area contributed by atoms with E-state index >= 15 is 0 Å². The normalized spacial score (nSPS) is 18.7. The molecule has 1 atom stereocenters. The van der Waals surface area contributed by atoms with E-state index in [2.05, 4.69) is 15.5 Å². The molecule has 0 amide bonds. The minimum absolute atomic E-state index is 0.0859. The van der Waals surface area contributed by atoms with Crippen molar-refractivity contribution >= 4 is 6.01 Å². The zero-order valence-corrected chi connectivity index (χ0v) is 10.3. The Hall–Kier alpha value is -1.95. The Bertz CT molecular complexity index is 552. The first-order chi connectivity index (χ1) is 9.31. The van der Waals surface area contributed by atoms with Crippen LogP contribution in [-0.4, -0.2) is 16.8 Å². The van der Waals surface area contributed by atoms with Crippen molar-refractivity contribution in [3.63, 3.8) is 0 Å². The quantitative estimate of drug-likeness (QED) is 0.919. The Balaban J connectivity index is 1.61. The van der Waals surface area contributed by atoms with Gasteiger partial charge in [-0.3, -0.25) is 0 Å². The predicted molar refractivity (Wildman–Crippen MR) is 66.0 cm³/mol. The Morgan fingerprint density at radius 3 is 3.11 bits per heavy atom. The van der Waals surface area contributed by atoms with Gasteiger partial charge in [-0.2, -0.15) is 0 Å². The van der Waals surface area contributed by atoms with E-state index in [-0.39, 0.29) is 11.9 Å². The third-order valence-corrected chi connectivity index (χ3v) is 2.98. The summed E-state index contributed by atoms with van der Waals surface area (Å²) in [7, 11) is 0. The molecule has 2 heterocycles. The van der Waals surface area contributed by atoms with Crippen LogP contribution in [0.2, 0.25) is 0 Å². The van der Waals surface area contributed by atoms with Crippen LogP contribution in [0.5, 0.6) is 0 Å². The Morgan fingerprint density at radius 2 is 2.32 bits per heavy atom. The molecule has 1 N–H and O–H groups in total. The molecule has 0 unspecified atom stereocenters. The molecule has 3 rings (SSSR count). The zero-order chi connectivity index (χ0) is 13.1. The van der Waals surface area contributed by atoms with Crippen LogP contribution in [0.25, 0.3) is 0 Å². The Labute approximate surface area is 109 Å². The van der Waals surface area contributed by atoms with E-state index in [9.17, 15) is 4.39 Å². The highest BCUT2D eigenvalue weighted by molar-refractivity contribution is 5.24. The zero-order valence-electron chi connectivity index (χ0n) is 10.3. The van der Waals surface area contributed by atoms with E-state index in [1.54, 1.807) is 6.07 Å². The van der Waals surface area contributed by atoms with Gasteiger partial charge in [0.15, 0.2) is 0 Å². The standard InChI is InChI=1S/C13H14FN3O2/c14-10-4-1-3-9(7-10)8-15-13-17-16-12(19-13)11-5-2-6-18-11/h1,3-4,7,11H,2,5-6,8H2,(H,15,17)/t11-/m1/s1. The number of benzene rings is 1. The molecule has 2 aromatic rings. The van der Waals surface area contributed by atoms with Crippen molar-refractivity contribution in [2.24, 2.45) is 0 Å². The average Bonchev–Trinajstić information content (AvgIpc) is 3.07. The van der Waals surface area contributed by atoms with Gasteiger partial charge in [-0.25, -0.2) is 4.39 Å². The number of nitrogens with zero attached hydrogens (tertiary/aromatic N) is 2. The lowest BCUT2D eigenvalue weighted by Gasteiger charge is -2.03. The summed E-state index contributed by atoms with van der Waals surface area (Å²) in [6, 6.07) is 6.69. The number of hydrogen-bond donors (Lipinski definition) is 1. The summed E-state index contributed by atoms with van der Waals surface area (Å²) in [5, 5.41) is 10.8. The molecule has 0 aliphatic carbocycles. The average molecular weight is 263 g/mol. The molecule has 5 nitrogen and oxygen atoms in total. The van der Waals surface area contributed by atoms with Gasteiger partial charge in [0.2, 0.25) is 5.89 Å². The second-order valence-corrected chi connectivity index (χ2v) is 4.43. The summed E-state index contributed by atoms with van der Waals surface area (Å²) in [4.78, 5) is 0. The largest absolute Gasteiger partial charge is 0.405 e. The van der Waals surface area contributed by atoms with Gasteiger partial charge < -0.3 is 14.5 Å². The summed E-state index contributed by atoms with van der Waals surface area (Å²) in [6.07, 6.45) is 1.84. The van der Waals surface area contributed by atoms with E-state index in [0.29, 0.717) is 18.5 Å². The fourth-order valence-electron chi connectivity index (χ4n) is 2.03. The molecule has 0 radical (unpaired) electrons. The molecule has 1 saturated heterocycles. The molecular weight excluding hydrogens is 249 g/mol. The number of halogens is 1. The topological polar surface area (TPSA) is 60.2 Å². The lowest BCUT2D eigenvalue weighted by molar-refractivity contribution is 0.0897. The highest BCUT2D eigenvalue weighted by Gasteiger charge is 2.23. The van der Waals surface area contributed by atoms with Crippen LogP contribution >= 0.6 is 0 Å². The SMILES string of the molecule is Fc1cccc(CNc2nnc([C@H]3CCCO3)o2)c1. The smallest absolute Gasteiger partial charge is 0.315 e. The number of anilines is 1. The van der Waals surface area contributed by atoms with E-state index in [1.165, 1.54) is 12.1 Å². The molecule has 1 aromatic carbocycles. The van der Waals surface area contributed by atoms with Gasteiger partial charge >= 0.3 is 6.01 Å². The number of aromatic nitrogens is 2. The first-order valence-electron chi connectivity index (χ1n) is 6.24. The summed E-state index contributed by atoms with van der Waals surface area (Å²) in [6.45, 7) is 1.17. The minimum Gasteiger partial charge on any atom is -0.405 e. The van der Waals surface area contributed by atoms with Crippen molar-refractivity contribution in [1.29, 1.82) is 0 Å². The van der Waals surface area contributed by atoms with Crippen molar-refractivity contribution in [1.82, 2.24) is 10.2 Å². The van der Waals surface area contributed by atoms with Crippen LogP contribution in [0, 0.1) is 5.82 Å². The van der Waals surface area contributed by atoms with Crippen LogP contribution in [0.15, 0.2) is 28.7 Å². The maximum Gasteiger partial charge on any atom is 0.315 e. The van der Waals surface area contributed by atoms with Crippen LogP contribution in [0.3, 0.4) is 0 Å². The van der Waals surface area contributed by atoms with Crippen LogP contribution in [0.1, 0.15) is 30.4 Å². The third kappa shape index (κ3) is 2.90. The van der Waals surface area contributed by atoms with Crippen molar-refractivity contribution in [2.45, 2.75) is 25.5 Å². The number of nitrogens with one attached hydrogen (secondary N) is 1. The molecular formula is C13H14FN3O2. The molecule has 1 aliphatic rings. The van der Waals surface area contributed by atoms with Gasteiger partial charge in [0.25, 0.3) is 0 Å². The summed E-state index contributed by atoms with van der Waals surface area (Å²) in [5.41, 5.74) is 0.817. The lowest BCUT2D eigenvalue weighted by Crippen LogP contribution is -1.99. The third-order valence-electron chi connectivity index (χ3n) is 2.98. The second kappa shape index (κ2) is 5.36. The van der Waals surface area contributed by atoms with Gasteiger partial charge in [-0.1, -0.05) is 17.2 Å². The van der Waals surface area contributed by atoms with Gasteiger partial charge in [0.05, 0.1) is 0 Å². The lowest BCUT2D eigenvalue weighted by atomic mass is 10.2. The van der Waals surface area contributed by atoms with Crippen molar-refractivity contribution in [3.05, 3.63) is 41.5 Å². The first-order valence-corrected chi connectivity index (χ1v) is 6.24. The number of rotatable bonds is 4. The molecule has 0 bridgehead atoms. The van der Waals surface area contributed by atoms with Gasteiger partial charge in [-0.05, 0) is 30.5 Å². The molecule has 0 spiro atoms. The fourth-order valence-corrected chi connectivity index (χ4v) is 2.03. The van der Waals surface area contributed by atoms with E-state index in [1.807, 2.05) is 6.07 Å². The monoisotopic (exact) mass is 263 g/mol. The van der Waals surface area contributed by atoms with E-state index in [0.717, 1.165) is 25.0 Å². The van der Waals surface area contributed by atoms with Crippen molar-refractivity contribution in [3.8, 4) is 0 Å². The molecule has 0 saturated carbocycles. The van der Waals surface area contributed by atoms with Crippen LogP contribution in [-0.2, 0) is 11.3 Å². The van der Waals surface area contributed by atoms with Gasteiger partial charge in [0, 0.05) is 13.2 Å². The molecule has 1 fully saturated rings. The summed E-state index contributed by atoms with van der Waals surface area (Å²) in [5.74, 6) is 0.240. The molecule has 19 heavy (non-hydrogen) atoms. The summed E-state index contributed by atoms with van der Waals surface area (Å²) >= 11 is 0. The molecule has 6 heteroatoms. The van der Waals surface area contributed by atoms with E-state index in [4.69, 9.17) is 9.15 Å². The maximum atomic E-state index is 13.0. The maximum absolute atomic E-state index is 13.0. The Kier molecular flexibility index (Phi) is 3.41. The minimum atomic E-state index is -0.259. The van der Waals surface area contributed by atoms with E-state index < -0.39 is 0 Å². The van der Waals surface area contributed by atoms with Gasteiger partial charge in [0.1, 0.15) is 11.9 Å². The fraction of sp³-hybridized carbons (Fsp3) is 0.385. The Morgan fingerprint density at radius 1 is 1.37 bits per heavy atom. The van der Waals surface area contributed by atoms with Crippen LogP contribution in [0.4, 0.5) is 10.4 Å². The van der Waals surface area contributed by atoms with Gasteiger partial charge in [-0.15, -0.1) is 5.10 Å². The second-order valence-electron chi connectivity index (χ2n) is 4.43.